The summed E-state index contributed by atoms with van der Waals surface area (Å²) in [5.41, 5.74) is 0. The van der Waals surface area contributed by atoms with Crippen LogP contribution < -0.4 is 0 Å². The molecule has 0 rings (SSSR count). The number of hydrogen-bond donors (Lipinski definition) is 0. The lowest BCUT2D eigenvalue weighted by Crippen LogP contribution is -2.30. The van der Waals surface area contributed by atoms with Gasteiger partial charge in [0.05, 0.1) is 0 Å². The van der Waals surface area contributed by atoms with Crippen LogP contribution in [0.15, 0.2) is 72.9 Å². The predicted molar refractivity (Wildman–Crippen MR) is 330 cm³/mol. The number of carbonyl (C=O) groups excluding carboxylic acids is 3. The zero-order valence-corrected chi connectivity index (χ0v) is 50.5. The minimum Gasteiger partial charge on any atom is -0.462 e. The number of carbonyl (C=O) groups is 3. The second-order valence-electron chi connectivity index (χ2n) is 22.0. The van der Waals surface area contributed by atoms with E-state index in [9.17, 15) is 14.4 Å². The first-order valence-electron chi connectivity index (χ1n) is 32.9. The van der Waals surface area contributed by atoms with E-state index in [2.05, 4.69) is 93.7 Å². The Kier molecular flexibility index (Phi) is 61.7. The van der Waals surface area contributed by atoms with Crippen molar-refractivity contribution in [2.75, 3.05) is 13.2 Å². The molecule has 6 heteroatoms. The Bertz CT molecular complexity index is 1400. The van der Waals surface area contributed by atoms with E-state index in [1.807, 2.05) is 0 Å². The third kappa shape index (κ3) is 61.7. The highest BCUT2D eigenvalue weighted by molar-refractivity contribution is 5.71. The second-order valence-corrected chi connectivity index (χ2v) is 22.0. The number of ether oxygens (including phenoxy) is 3. The molecular weight excluding hydrogens is 937 g/mol. The Morgan fingerprint density at radius 1 is 0.276 bits per heavy atom. The molecule has 0 fully saturated rings. The van der Waals surface area contributed by atoms with Crippen LogP contribution in [0.3, 0.4) is 0 Å². The van der Waals surface area contributed by atoms with Crippen molar-refractivity contribution in [2.24, 2.45) is 0 Å². The molecule has 0 saturated carbocycles. The van der Waals surface area contributed by atoms with E-state index in [0.717, 1.165) is 96.3 Å². The topological polar surface area (TPSA) is 78.9 Å². The maximum Gasteiger partial charge on any atom is 0.306 e. The standard InChI is InChI=1S/C70H124O6/c1-4-7-10-13-16-19-21-23-25-27-29-30-31-32-33-34-35-36-37-38-39-40-42-43-45-47-49-51-54-57-60-63-69(72)75-66-67(65-74-68(71)62-59-56-53-18-15-12-9-6-3)76-70(73)64-61-58-55-52-50-48-46-44-41-28-26-24-22-20-17-14-11-8-5-2/h7,10,16,19,23,25,29-30,32-33,35-36,67H,4-6,8-9,11-15,17-18,20-22,24,26-28,31,34,37-66H2,1-3H3/b10-7-,19-16-,25-23-,30-29-,33-32-,36-35-. The van der Waals surface area contributed by atoms with Gasteiger partial charge in [-0.25, -0.2) is 0 Å². The van der Waals surface area contributed by atoms with Crippen molar-refractivity contribution in [2.45, 2.75) is 341 Å². The number of rotatable bonds is 60. The molecule has 0 aromatic heterocycles. The van der Waals surface area contributed by atoms with E-state index >= 15 is 0 Å². The van der Waals surface area contributed by atoms with Crippen LogP contribution in [0.2, 0.25) is 0 Å². The van der Waals surface area contributed by atoms with Gasteiger partial charge >= 0.3 is 17.9 Å². The molecule has 0 radical (unpaired) electrons. The van der Waals surface area contributed by atoms with Gasteiger partial charge in [0.1, 0.15) is 13.2 Å². The molecule has 0 aromatic carbocycles. The van der Waals surface area contributed by atoms with Crippen molar-refractivity contribution >= 4 is 17.9 Å². The van der Waals surface area contributed by atoms with E-state index in [1.54, 1.807) is 0 Å². The molecule has 0 spiro atoms. The summed E-state index contributed by atoms with van der Waals surface area (Å²) < 4.78 is 16.9. The van der Waals surface area contributed by atoms with Crippen LogP contribution in [0.1, 0.15) is 335 Å². The number of esters is 3. The van der Waals surface area contributed by atoms with Gasteiger partial charge in [-0.1, -0.05) is 318 Å². The minimum atomic E-state index is -0.771. The summed E-state index contributed by atoms with van der Waals surface area (Å²) in [6.45, 7) is 6.54. The van der Waals surface area contributed by atoms with Crippen LogP contribution in [-0.4, -0.2) is 37.2 Å². The van der Waals surface area contributed by atoms with E-state index in [1.165, 1.54) is 199 Å². The summed E-state index contributed by atoms with van der Waals surface area (Å²) in [5, 5.41) is 0. The van der Waals surface area contributed by atoms with Crippen LogP contribution in [0.5, 0.6) is 0 Å². The quantitative estimate of drug-likeness (QED) is 0.0261. The first-order chi connectivity index (χ1) is 37.5. The maximum atomic E-state index is 12.9. The van der Waals surface area contributed by atoms with Gasteiger partial charge in [-0.15, -0.1) is 0 Å². The SMILES string of the molecule is CC/C=C\C/C=C\C/C=C\C/C=C\C/C=C\C/C=C\CCCCCCCCCCCCCCC(=O)OCC(COC(=O)CCCCCCCCCC)OC(=O)CCCCCCCCCCCCCCCCCCCCC. The van der Waals surface area contributed by atoms with Gasteiger partial charge in [-0.2, -0.15) is 0 Å². The number of unbranched alkanes of at least 4 members (excludes halogenated alkanes) is 37. The van der Waals surface area contributed by atoms with Crippen LogP contribution >= 0.6 is 0 Å². The summed E-state index contributed by atoms with van der Waals surface area (Å²) >= 11 is 0. The van der Waals surface area contributed by atoms with Crippen LogP contribution in [0.25, 0.3) is 0 Å². The van der Waals surface area contributed by atoms with Crippen LogP contribution in [-0.2, 0) is 28.6 Å². The van der Waals surface area contributed by atoms with Crippen molar-refractivity contribution in [1.82, 2.24) is 0 Å². The van der Waals surface area contributed by atoms with Gasteiger partial charge in [-0.3, -0.25) is 14.4 Å². The minimum absolute atomic E-state index is 0.0703. The smallest absolute Gasteiger partial charge is 0.306 e. The Morgan fingerprint density at radius 2 is 0.513 bits per heavy atom. The summed E-state index contributed by atoms with van der Waals surface area (Å²) in [6, 6.07) is 0. The summed E-state index contributed by atoms with van der Waals surface area (Å²) in [4.78, 5) is 38.1. The van der Waals surface area contributed by atoms with Crippen molar-refractivity contribution in [3.63, 3.8) is 0 Å². The van der Waals surface area contributed by atoms with Crippen molar-refractivity contribution in [3.8, 4) is 0 Å². The lowest BCUT2D eigenvalue weighted by Gasteiger charge is -2.18. The van der Waals surface area contributed by atoms with E-state index in [0.29, 0.717) is 19.3 Å². The molecule has 440 valence electrons. The molecule has 0 amide bonds. The summed E-state index contributed by atoms with van der Waals surface area (Å²) in [6.07, 6.45) is 83.6. The number of allylic oxidation sites excluding steroid dienone is 12. The third-order valence-electron chi connectivity index (χ3n) is 14.5. The molecule has 1 unspecified atom stereocenters. The lowest BCUT2D eigenvalue weighted by molar-refractivity contribution is -0.167. The Labute approximate surface area is 472 Å². The van der Waals surface area contributed by atoms with Crippen molar-refractivity contribution in [3.05, 3.63) is 72.9 Å². The largest absolute Gasteiger partial charge is 0.462 e. The average molecular weight is 1060 g/mol. The molecule has 0 aliphatic heterocycles. The monoisotopic (exact) mass is 1060 g/mol. The molecule has 1 atom stereocenters. The predicted octanol–water partition coefficient (Wildman–Crippen LogP) is 22.5. The Hall–Kier alpha value is -3.15. The Morgan fingerprint density at radius 3 is 0.803 bits per heavy atom. The van der Waals surface area contributed by atoms with Gasteiger partial charge in [0.2, 0.25) is 0 Å². The van der Waals surface area contributed by atoms with Gasteiger partial charge in [0, 0.05) is 19.3 Å². The fourth-order valence-corrected chi connectivity index (χ4v) is 9.57. The molecule has 0 heterocycles. The van der Waals surface area contributed by atoms with Crippen LogP contribution in [0, 0.1) is 0 Å². The normalized spacial score (nSPS) is 12.5. The highest BCUT2D eigenvalue weighted by Crippen LogP contribution is 2.17. The zero-order chi connectivity index (χ0) is 55.0. The first kappa shape index (κ1) is 72.8. The number of hydrogen-bond acceptors (Lipinski definition) is 6. The van der Waals surface area contributed by atoms with E-state index < -0.39 is 6.10 Å². The highest BCUT2D eigenvalue weighted by atomic mass is 16.6. The second kappa shape index (κ2) is 64.4. The Balaban J connectivity index is 4.11. The van der Waals surface area contributed by atoms with E-state index in [4.69, 9.17) is 14.2 Å². The summed E-state index contributed by atoms with van der Waals surface area (Å²) in [7, 11) is 0. The maximum absolute atomic E-state index is 12.9. The van der Waals surface area contributed by atoms with Gasteiger partial charge < -0.3 is 14.2 Å². The molecule has 0 N–H and O–H groups in total. The highest BCUT2D eigenvalue weighted by Gasteiger charge is 2.19. The van der Waals surface area contributed by atoms with Gasteiger partial charge in [0.25, 0.3) is 0 Å². The molecule has 0 aliphatic carbocycles. The first-order valence-corrected chi connectivity index (χ1v) is 32.9. The zero-order valence-electron chi connectivity index (χ0n) is 50.5. The third-order valence-corrected chi connectivity index (χ3v) is 14.5. The van der Waals surface area contributed by atoms with Crippen molar-refractivity contribution < 1.29 is 28.6 Å². The fraction of sp³-hybridized carbons (Fsp3) is 0.786. The molecule has 0 aliphatic rings. The van der Waals surface area contributed by atoms with Crippen LogP contribution in [0.4, 0.5) is 0 Å². The van der Waals surface area contributed by atoms with Gasteiger partial charge in [0.15, 0.2) is 6.10 Å². The average Bonchev–Trinajstić information content (AvgIpc) is 3.42. The fourth-order valence-electron chi connectivity index (χ4n) is 9.57. The molecule has 0 aromatic rings. The molecule has 6 nitrogen and oxygen atoms in total. The molecule has 0 bridgehead atoms. The lowest BCUT2D eigenvalue weighted by atomic mass is 10.0. The molecule has 76 heavy (non-hydrogen) atoms. The van der Waals surface area contributed by atoms with Crippen molar-refractivity contribution in [1.29, 1.82) is 0 Å². The van der Waals surface area contributed by atoms with Gasteiger partial charge in [-0.05, 0) is 70.6 Å². The summed E-state index contributed by atoms with van der Waals surface area (Å²) in [5.74, 6) is -0.858. The molecular formula is C70H124O6. The van der Waals surface area contributed by atoms with E-state index in [-0.39, 0.29) is 31.1 Å². The molecule has 0 saturated heterocycles.